The van der Waals surface area contributed by atoms with E-state index in [9.17, 15) is 5.11 Å². The number of hydrogen-bond donors (Lipinski definition) is 1. The topological polar surface area (TPSA) is 35.9 Å². The van der Waals surface area contributed by atoms with Gasteiger partial charge in [0.1, 0.15) is 5.75 Å². The van der Waals surface area contributed by atoms with Crippen LogP contribution in [0.1, 0.15) is 23.7 Å². The fraction of sp³-hybridized carbons (Fsp3) is 0.455. The molecule has 1 aliphatic carbocycles. The average molecular weight is 352 g/mol. The Hall–Kier alpha value is -2.04. The molecule has 0 radical (unpaired) electrons. The molecule has 1 N–H and O–H groups in total. The van der Waals surface area contributed by atoms with Gasteiger partial charge in [-0.05, 0) is 36.1 Å². The van der Waals surface area contributed by atoms with Gasteiger partial charge in [-0.2, -0.15) is 0 Å². The van der Waals surface area contributed by atoms with Crippen molar-refractivity contribution in [3.8, 4) is 5.75 Å². The predicted octanol–water partition coefficient (Wildman–Crippen LogP) is 3.11. The molecule has 26 heavy (non-hydrogen) atoms. The highest BCUT2D eigenvalue weighted by Gasteiger charge is 2.30. The number of aliphatic hydroxyl groups is 1. The van der Waals surface area contributed by atoms with Gasteiger partial charge in [0, 0.05) is 38.6 Å². The maximum absolute atomic E-state index is 10.8. The van der Waals surface area contributed by atoms with E-state index >= 15 is 0 Å². The number of hydrogen-bond acceptors (Lipinski definition) is 4. The van der Waals surface area contributed by atoms with Crippen molar-refractivity contribution in [3.63, 3.8) is 0 Å². The molecule has 4 nitrogen and oxygen atoms in total. The normalized spacial score (nSPS) is 23.5. The van der Waals surface area contributed by atoms with E-state index in [1.54, 1.807) is 7.11 Å². The maximum Gasteiger partial charge on any atom is 0.142 e. The molecule has 1 saturated heterocycles. The van der Waals surface area contributed by atoms with Crippen molar-refractivity contribution in [2.45, 2.75) is 18.9 Å². The number of aliphatic hydroxyl groups excluding tert-OH is 1. The van der Waals surface area contributed by atoms with Crippen LogP contribution in [0.3, 0.4) is 0 Å². The Balaban J connectivity index is 1.36. The molecule has 0 spiro atoms. The van der Waals surface area contributed by atoms with Crippen LogP contribution in [0.4, 0.5) is 5.69 Å². The number of para-hydroxylation sites is 2. The van der Waals surface area contributed by atoms with E-state index in [0.29, 0.717) is 5.92 Å². The van der Waals surface area contributed by atoms with Gasteiger partial charge in [-0.25, -0.2) is 0 Å². The summed E-state index contributed by atoms with van der Waals surface area (Å²) in [7, 11) is 1.73. The van der Waals surface area contributed by atoms with E-state index in [2.05, 4.69) is 40.1 Å². The first-order valence-corrected chi connectivity index (χ1v) is 9.62. The summed E-state index contributed by atoms with van der Waals surface area (Å²) in [6.07, 6.45) is 1.83. The molecule has 1 aliphatic heterocycles. The third-order valence-electron chi connectivity index (χ3n) is 5.90. The van der Waals surface area contributed by atoms with Crippen molar-refractivity contribution in [3.05, 3.63) is 59.7 Å². The van der Waals surface area contributed by atoms with Gasteiger partial charge in [0.2, 0.25) is 0 Å². The largest absolute Gasteiger partial charge is 0.495 e. The highest BCUT2D eigenvalue weighted by Crippen LogP contribution is 2.35. The first-order valence-electron chi connectivity index (χ1n) is 9.62. The molecule has 4 rings (SSSR count). The summed E-state index contributed by atoms with van der Waals surface area (Å²) in [5.41, 5.74) is 3.63. The molecule has 1 fully saturated rings. The van der Waals surface area contributed by atoms with E-state index in [0.717, 1.165) is 56.9 Å². The number of ether oxygens (including phenoxy) is 1. The molecule has 0 saturated carbocycles. The van der Waals surface area contributed by atoms with Crippen LogP contribution < -0.4 is 9.64 Å². The van der Waals surface area contributed by atoms with Crippen LogP contribution in [-0.2, 0) is 6.42 Å². The van der Waals surface area contributed by atoms with E-state index in [-0.39, 0.29) is 6.10 Å². The van der Waals surface area contributed by atoms with Crippen molar-refractivity contribution in [1.82, 2.24) is 4.90 Å². The first-order chi connectivity index (χ1) is 12.8. The van der Waals surface area contributed by atoms with Crippen LogP contribution in [0, 0.1) is 5.92 Å². The second kappa shape index (κ2) is 7.68. The Morgan fingerprint density at radius 2 is 1.73 bits per heavy atom. The van der Waals surface area contributed by atoms with Gasteiger partial charge in [0.05, 0.1) is 18.9 Å². The molecule has 138 valence electrons. The van der Waals surface area contributed by atoms with Crippen LogP contribution in [0.2, 0.25) is 0 Å². The fourth-order valence-corrected chi connectivity index (χ4v) is 4.39. The number of benzene rings is 2. The summed E-state index contributed by atoms with van der Waals surface area (Å²) < 4.78 is 5.51. The number of aryl methyl sites for hydroxylation is 1. The van der Waals surface area contributed by atoms with E-state index < -0.39 is 0 Å². The van der Waals surface area contributed by atoms with Gasteiger partial charge in [-0.15, -0.1) is 0 Å². The SMILES string of the molecule is COc1ccccc1N1CCN(C[C@@H]2CCc3ccccc3[C@@H]2O)CC1. The lowest BCUT2D eigenvalue weighted by Gasteiger charge is -2.40. The van der Waals surface area contributed by atoms with Crippen molar-refractivity contribution in [1.29, 1.82) is 0 Å². The highest BCUT2D eigenvalue weighted by molar-refractivity contribution is 5.58. The quantitative estimate of drug-likeness (QED) is 0.917. The van der Waals surface area contributed by atoms with Crippen LogP contribution in [0.25, 0.3) is 0 Å². The second-order valence-electron chi connectivity index (χ2n) is 7.40. The summed E-state index contributed by atoms with van der Waals surface area (Å²) in [5.74, 6) is 1.28. The van der Waals surface area contributed by atoms with E-state index in [4.69, 9.17) is 4.74 Å². The number of fused-ring (bicyclic) bond motifs is 1. The molecular weight excluding hydrogens is 324 g/mol. The first kappa shape index (κ1) is 17.4. The standard InChI is InChI=1S/C22H28N2O2/c1-26-21-9-5-4-8-20(21)24-14-12-23(13-15-24)16-18-11-10-17-6-2-3-7-19(17)22(18)25/h2-9,18,22,25H,10-16H2,1H3/t18-,22+/m0/s1. The summed E-state index contributed by atoms with van der Waals surface area (Å²) >= 11 is 0. The monoisotopic (exact) mass is 352 g/mol. The van der Waals surface area contributed by atoms with Gasteiger partial charge in [-0.1, -0.05) is 36.4 Å². The summed E-state index contributed by atoms with van der Waals surface area (Å²) in [5, 5.41) is 10.8. The molecule has 1 heterocycles. The average Bonchev–Trinajstić information content (AvgIpc) is 2.71. The molecule has 2 aromatic carbocycles. The minimum Gasteiger partial charge on any atom is -0.495 e. The number of anilines is 1. The minimum absolute atomic E-state index is 0.327. The summed E-state index contributed by atoms with van der Waals surface area (Å²) in [4.78, 5) is 4.91. The van der Waals surface area contributed by atoms with Crippen molar-refractivity contribution in [2.24, 2.45) is 5.92 Å². The van der Waals surface area contributed by atoms with Crippen LogP contribution >= 0.6 is 0 Å². The van der Waals surface area contributed by atoms with Crippen LogP contribution in [-0.4, -0.2) is 49.8 Å². The van der Waals surface area contributed by atoms with Crippen LogP contribution in [0.5, 0.6) is 5.75 Å². The molecule has 2 atom stereocenters. The van der Waals surface area contributed by atoms with Gasteiger partial charge in [0.25, 0.3) is 0 Å². The van der Waals surface area contributed by atoms with Gasteiger partial charge < -0.3 is 14.7 Å². The van der Waals surface area contributed by atoms with Crippen molar-refractivity contribution >= 4 is 5.69 Å². The van der Waals surface area contributed by atoms with Crippen molar-refractivity contribution in [2.75, 3.05) is 44.7 Å². The van der Waals surface area contributed by atoms with Gasteiger partial charge in [0.15, 0.2) is 0 Å². The minimum atomic E-state index is -0.327. The van der Waals surface area contributed by atoms with Crippen LogP contribution in [0.15, 0.2) is 48.5 Å². The molecule has 2 aliphatic rings. The Kier molecular flexibility index (Phi) is 5.14. The number of methoxy groups -OCH3 is 1. The molecule has 0 amide bonds. The second-order valence-corrected chi connectivity index (χ2v) is 7.40. The Bertz CT molecular complexity index is 740. The number of rotatable bonds is 4. The van der Waals surface area contributed by atoms with Gasteiger partial charge in [-0.3, -0.25) is 4.90 Å². The predicted molar refractivity (Wildman–Crippen MR) is 105 cm³/mol. The summed E-state index contributed by atoms with van der Waals surface area (Å²) in [6.45, 7) is 5.04. The van der Waals surface area contributed by atoms with E-state index in [1.165, 1.54) is 11.3 Å². The maximum atomic E-state index is 10.8. The molecule has 0 unspecified atom stereocenters. The number of nitrogens with zero attached hydrogens (tertiary/aromatic N) is 2. The number of piperazine rings is 1. The fourth-order valence-electron chi connectivity index (χ4n) is 4.39. The lowest BCUT2D eigenvalue weighted by Crippen LogP contribution is -2.48. The molecular formula is C22H28N2O2. The zero-order valence-corrected chi connectivity index (χ0v) is 15.5. The molecule has 4 heteroatoms. The lowest BCUT2D eigenvalue weighted by atomic mass is 9.81. The highest BCUT2D eigenvalue weighted by atomic mass is 16.5. The lowest BCUT2D eigenvalue weighted by molar-refractivity contribution is 0.0642. The van der Waals surface area contributed by atoms with Crippen molar-refractivity contribution < 1.29 is 9.84 Å². The third kappa shape index (κ3) is 3.44. The summed E-state index contributed by atoms with van der Waals surface area (Å²) in [6, 6.07) is 16.6. The van der Waals surface area contributed by atoms with Gasteiger partial charge >= 0.3 is 0 Å². The molecule has 0 bridgehead atoms. The van der Waals surface area contributed by atoms with E-state index in [1.807, 2.05) is 18.2 Å². The zero-order chi connectivity index (χ0) is 17.9. The third-order valence-corrected chi connectivity index (χ3v) is 5.90. The zero-order valence-electron chi connectivity index (χ0n) is 15.5. The molecule has 0 aromatic heterocycles. The Morgan fingerprint density at radius 3 is 2.54 bits per heavy atom. The molecule has 2 aromatic rings. The Morgan fingerprint density at radius 1 is 1.00 bits per heavy atom. The smallest absolute Gasteiger partial charge is 0.142 e. The Labute approximate surface area is 156 Å².